The van der Waals surface area contributed by atoms with Gasteiger partial charge in [-0.05, 0) is 74.7 Å². The molecule has 1 aliphatic carbocycles. The van der Waals surface area contributed by atoms with Gasteiger partial charge in [-0.25, -0.2) is 4.99 Å². The molecule has 3 atom stereocenters. The SMILES string of the molecule is C1=CC(c2cc(-c3ccccc3)cc(-c3ccccc3)c2)Cc2c1oc1cccc(C3=NC(c4ccccc4)NC(c4ccc(-c5ccccc5)cc4)N3)c21. The molecule has 0 saturated heterocycles. The molecule has 55 heavy (non-hydrogen) atoms. The second-order valence-corrected chi connectivity index (χ2v) is 14.4. The largest absolute Gasteiger partial charge is 0.456 e. The molecule has 0 bridgehead atoms. The smallest absolute Gasteiger partial charge is 0.135 e. The molecule has 0 saturated carbocycles. The number of fused-ring (bicyclic) bond motifs is 3. The van der Waals surface area contributed by atoms with Crippen LogP contribution in [0, 0.1) is 0 Å². The topological polar surface area (TPSA) is 49.6 Å². The molecule has 0 spiro atoms. The van der Waals surface area contributed by atoms with Crippen LogP contribution in [0.15, 0.2) is 197 Å². The Labute approximate surface area is 321 Å². The molecule has 3 unspecified atom stereocenters. The Morgan fingerprint density at radius 2 is 1.09 bits per heavy atom. The fourth-order valence-corrected chi connectivity index (χ4v) is 8.12. The molecule has 2 heterocycles. The minimum absolute atomic E-state index is 0.162. The van der Waals surface area contributed by atoms with Crippen LogP contribution in [0.1, 0.15) is 51.8 Å². The Balaban J connectivity index is 1.04. The van der Waals surface area contributed by atoms with Crippen LogP contribution in [-0.4, -0.2) is 5.84 Å². The second kappa shape index (κ2) is 14.2. The normalized spacial score (nSPS) is 17.7. The van der Waals surface area contributed by atoms with Crippen LogP contribution in [-0.2, 0) is 6.42 Å². The first-order valence-electron chi connectivity index (χ1n) is 19.0. The Hall–Kier alpha value is -6.75. The van der Waals surface area contributed by atoms with E-state index in [9.17, 15) is 0 Å². The number of benzene rings is 7. The number of nitrogens with zero attached hydrogens (tertiary/aromatic N) is 1. The van der Waals surface area contributed by atoms with E-state index >= 15 is 0 Å². The van der Waals surface area contributed by atoms with Gasteiger partial charge in [-0.1, -0.05) is 176 Å². The predicted molar refractivity (Wildman–Crippen MR) is 226 cm³/mol. The summed E-state index contributed by atoms with van der Waals surface area (Å²) in [5.41, 5.74) is 13.9. The predicted octanol–water partition coefficient (Wildman–Crippen LogP) is 12.1. The van der Waals surface area contributed by atoms with E-state index in [1.807, 2.05) is 0 Å². The number of aliphatic imine (C=N–C) groups is 1. The van der Waals surface area contributed by atoms with Crippen molar-refractivity contribution in [2.45, 2.75) is 24.7 Å². The van der Waals surface area contributed by atoms with Gasteiger partial charge in [0.15, 0.2) is 0 Å². The van der Waals surface area contributed by atoms with Gasteiger partial charge in [0.1, 0.15) is 29.5 Å². The molecule has 1 aromatic heterocycles. The zero-order valence-corrected chi connectivity index (χ0v) is 30.3. The molecule has 4 nitrogen and oxygen atoms in total. The van der Waals surface area contributed by atoms with Gasteiger partial charge < -0.3 is 9.73 Å². The summed E-state index contributed by atoms with van der Waals surface area (Å²) in [6.45, 7) is 0. The highest BCUT2D eigenvalue weighted by Crippen LogP contribution is 2.41. The summed E-state index contributed by atoms with van der Waals surface area (Å²) >= 11 is 0. The number of amidine groups is 1. The minimum atomic E-state index is -0.237. The van der Waals surface area contributed by atoms with Crippen molar-refractivity contribution in [2.24, 2.45) is 4.99 Å². The zero-order valence-electron chi connectivity index (χ0n) is 30.3. The van der Waals surface area contributed by atoms with Gasteiger partial charge in [0.25, 0.3) is 0 Å². The Morgan fingerprint density at radius 1 is 0.509 bits per heavy atom. The Kier molecular flexibility index (Phi) is 8.51. The zero-order chi connectivity index (χ0) is 36.6. The molecular formula is C51H39N3O. The lowest BCUT2D eigenvalue weighted by Gasteiger charge is -2.32. The van der Waals surface area contributed by atoms with Gasteiger partial charge in [0.05, 0.1) is 0 Å². The van der Waals surface area contributed by atoms with Gasteiger partial charge in [-0.15, -0.1) is 0 Å². The van der Waals surface area contributed by atoms with E-state index in [0.717, 1.165) is 45.7 Å². The highest BCUT2D eigenvalue weighted by molar-refractivity contribution is 6.11. The van der Waals surface area contributed by atoms with Gasteiger partial charge in [-0.3, -0.25) is 5.32 Å². The molecule has 2 aliphatic rings. The number of allylic oxidation sites excluding steroid dienone is 1. The van der Waals surface area contributed by atoms with Gasteiger partial charge in [0.2, 0.25) is 0 Å². The fourth-order valence-electron chi connectivity index (χ4n) is 8.12. The molecule has 264 valence electrons. The van der Waals surface area contributed by atoms with Crippen LogP contribution >= 0.6 is 0 Å². The molecule has 8 aromatic rings. The highest BCUT2D eigenvalue weighted by Gasteiger charge is 2.29. The number of furan rings is 1. The first kappa shape index (κ1) is 32.9. The van der Waals surface area contributed by atoms with Crippen LogP contribution in [0.3, 0.4) is 0 Å². The third kappa shape index (κ3) is 6.47. The first-order valence-corrected chi connectivity index (χ1v) is 19.0. The summed E-state index contributed by atoms with van der Waals surface area (Å²) < 4.78 is 6.59. The summed E-state index contributed by atoms with van der Waals surface area (Å²) in [6.07, 6.45) is 4.90. The molecule has 0 amide bonds. The van der Waals surface area contributed by atoms with Crippen molar-refractivity contribution >= 4 is 22.9 Å². The third-order valence-electron chi connectivity index (χ3n) is 10.9. The lowest BCUT2D eigenvalue weighted by molar-refractivity contribution is 0.409. The number of hydrogen-bond donors (Lipinski definition) is 2. The molecule has 1 aliphatic heterocycles. The van der Waals surface area contributed by atoms with Crippen LogP contribution in [0.5, 0.6) is 0 Å². The number of nitrogens with one attached hydrogen (secondary N) is 2. The van der Waals surface area contributed by atoms with E-state index in [-0.39, 0.29) is 18.2 Å². The van der Waals surface area contributed by atoms with Crippen molar-refractivity contribution in [3.8, 4) is 33.4 Å². The van der Waals surface area contributed by atoms with Crippen LogP contribution in [0.2, 0.25) is 0 Å². The molecule has 4 heteroatoms. The second-order valence-electron chi connectivity index (χ2n) is 14.4. The van der Waals surface area contributed by atoms with Crippen LogP contribution < -0.4 is 10.6 Å². The minimum Gasteiger partial charge on any atom is -0.456 e. The van der Waals surface area contributed by atoms with E-state index in [2.05, 4.69) is 205 Å². The van der Waals surface area contributed by atoms with Crippen molar-refractivity contribution in [1.82, 2.24) is 10.6 Å². The monoisotopic (exact) mass is 709 g/mol. The van der Waals surface area contributed by atoms with E-state index < -0.39 is 0 Å². The summed E-state index contributed by atoms with van der Waals surface area (Å²) in [6, 6.07) is 64.6. The Bertz CT molecular complexity index is 2610. The lowest BCUT2D eigenvalue weighted by Crippen LogP contribution is -2.45. The average molecular weight is 710 g/mol. The van der Waals surface area contributed by atoms with Crippen molar-refractivity contribution in [2.75, 3.05) is 0 Å². The molecule has 0 fully saturated rings. The Morgan fingerprint density at radius 3 is 1.73 bits per heavy atom. The van der Waals surface area contributed by atoms with Gasteiger partial charge >= 0.3 is 0 Å². The summed E-state index contributed by atoms with van der Waals surface area (Å²) in [5, 5.41) is 8.71. The van der Waals surface area contributed by atoms with E-state index in [4.69, 9.17) is 9.41 Å². The maximum Gasteiger partial charge on any atom is 0.135 e. The van der Waals surface area contributed by atoms with Crippen molar-refractivity contribution in [3.05, 3.63) is 222 Å². The summed E-state index contributed by atoms with van der Waals surface area (Å²) in [5.74, 6) is 1.94. The van der Waals surface area contributed by atoms with E-state index in [0.29, 0.717) is 0 Å². The molecule has 2 N–H and O–H groups in total. The highest BCUT2D eigenvalue weighted by atomic mass is 16.3. The standard InChI is InChI=1S/C51H39N3O/c1-5-14-34(15-6-1)37-24-26-39(27-25-37)50-52-49(38-20-11-4-12-21-38)53-51(54-50)44-22-13-23-47-48(44)45-33-40(28-29-46(45)55-47)43-31-41(35-16-7-2-8-17-35)30-42(32-43)36-18-9-3-10-19-36/h1-32,40,49-50,52H,33H2,(H,53,54). The van der Waals surface area contributed by atoms with Crippen molar-refractivity contribution in [1.29, 1.82) is 0 Å². The quantitative estimate of drug-likeness (QED) is 0.173. The summed E-state index contributed by atoms with van der Waals surface area (Å²) in [7, 11) is 0. The lowest BCUT2D eigenvalue weighted by atomic mass is 9.83. The molecule has 0 radical (unpaired) electrons. The van der Waals surface area contributed by atoms with Crippen molar-refractivity contribution < 1.29 is 4.42 Å². The molecular weight excluding hydrogens is 671 g/mol. The van der Waals surface area contributed by atoms with Crippen LogP contribution in [0.4, 0.5) is 0 Å². The molecule has 10 rings (SSSR count). The van der Waals surface area contributed by atoms with E-state index in [1.54, 1.807) is 0 Å². The van der Waals surface area contributed by atoms with Crippen molar-refractivity contribution in [3.63, 3.8) is 0 Å². The maximum absolute atomic E-state index is 6.59. The number of rotatable bonds is 7. The average Bonchev–Trinajstić information content (AvgIpc) is 3.66. The third-order valence-corrected chi connectivity index (χ3v) is 10.9. The molecule has 7 aromatic carbocycles. The summed E-state index contributed by atoms with van der Waals surface area (Å²) in [4.78, 5) is 5.34. The fraction of sp³-hybridized carbons (Fsp3) is 0.0784. The van der Waals surface area contributed by atoms with Crippen LogP contribution in [0.25, 0.3) is 50.4 Å². The van der Waals surface area contributed by atoms with Gasteiger partial charge in [0, 0.05) is 22.4 Å². The van der Waals surface area contributed by atoms with E-state index in [1.165, 1.54) is 44.5 Å². The first-order chi connectivity index (χ1) is 27.2. The maximum atomic E-state index is 6.59. The van der Waals surface area contributed by atoms with Gasteiger partial charge in [-0.2, -0.15) is 0 Å². The number of hydrogen-bond acceptors (Lipinski definition) is 4.